The predicted molar refractivity (Wildman–Crippen MR) is 116 cm³/mol. The second kappa shape index (κ2) is 7.21. The van der Waals surface area contributed by atoms with E-state index in [0.717, 1.165) is 32.3 Å². The molecule has 0 aromatic carbocycles. The first-order chi connectivity index (χ1) is 14.5. The van der Waals surface area contributed by atoms with Crippen molar-refractivity contribution < 1.29 is 14.6 Å². The molecule has 9 heteroatoms. The minimum Gasteiger partial charge on any atom is -0.454 e. The average Bonchev–Trinajstić information content (AvgIpc) is 3.45. The van der Waals surface area contributed by atoms with Crippen LogP contribution in [-0.4, -0.2) is 42.7 Å². The van der Waals surface area contributed by atoms with Crippen molar-refractivity contribution in [2.75, 3.05) is 12.3 Å². The van der Waals surface area contributed by atoms with Crippen LogP contribution in [0.4, 0.5) is 5.69 Å². The Balaban J connectivity index is 1.65. The fraction of sp³-hybridized carbons (Fsp3) is 0.190. The third kappa shape index (κ3) is 3.04. The predicted octanol–water partition coefficient (Wildman–Crippen LogP) is 3.21. The van der Waals surface area contributed by atoms with E-state index in [2.05, 4.69) is 15.1 Å². The molecule has 0 bridgehead atoms. The molecule has 0 saturated heterocycles. The van der Waals surface area contributed by atoms with Gasteiger partial charge >= 0.3 is 0 Å². The number of aryl methyl sites for hydroxylation is 1. The highest BCUT2D eigenvalue weighted by molar-refractivity contribution is 7.17. The second-order valence-electron chi connectivity index (χ2n) is 7.12. The fourth-order valence-electron chi connectivity index (χ4n) is 3.57. The lowest BCUT2D eigenvalue weighted by atomic mass is 10.1. The Labute approximate surface area is 175 Å². The number of anilines is 1. The van der Waals surface area contributed by atoms with Crippen LogP contribution in [-0.2, 0) is 6.54 Å². The molecule has 152 valence electrons. The maximum atomic E-state index is 9.72. The van der Waals surface area contributed by atoms with Gasteiger partial charge in [-0.1, -0.05) is 0 Å². The first-order valence-corrected chi connectivity index (χ1v) is 10.3. The molecule has 4 N–H and O–H groups in total. The lowest BCUT2D eigenvalue weighted by Crippen LogP contribution is -2.20. The molecule has 30 heavy (non-hydrogen) atoms. The Morgan fingerprint density at radius 3 is 2.97 bits per heavy atom. The van der Waals surface area contributed by atoms with Crippen LogP contribution >= 0.6 is 11.3 Å². The summed E-state index contributed by atoms with van der Waals surface area (Å²) >= 11 is 1.63. The van der Waals surface area contributed by atoms with Crippen molar-refractivity contribution in [3.05, 3.63) is 48.0 Å². The summed E-state index contributed by atoms with van der Waals surface area (Å²) < 4.78 is 8.89. The van der Waals surface area contributed by atoms with Crippen molar-refractivity contribution in [1.29, 1.82) is 0 Å². The fourth-order valence-corrected chi connectivity index (χ4v) is 4.49. The summed E-state index contributed by atoms with van der Waals surface area (Å²) in [4.78, 5) is 8.78. The van der Waals surface area contributed by atoms with Gasteiger partial charge in [0.25, 0.3) is 0 Å². The highest BCUT2D eigenvalue weighted by Crippen LogP contribution is 2.40. The number of aliphatic hydroxyl groups excluding tert-OH is 2. The minimum absolute atomic E-state index is 0.194. The standard InChI is InChI=1S/C21H19N5O3S/c1-11-15(8-26(25-11)7-12(28)9-27)20-13-4-18(29-21(13)17(22)6-24-20)16-10-30-19-2-3-23-5-14(16)19/h2-6,8,10,12,27-28H,7,9,22H2,1H3/t12-/m0/s1. The van der Waals surface area contributed by atoms with Gasteiger partial charge in [0, 0.05) is 50.6 Å². The van der Waals surface area contributed by atoms with Crippen LogP contribution in [0.1, 0.15) is 5.69 Å². The zero-order valence-electron chi connectivity index (χ0n) is 16.1. The van der Waals surface area contributed by atoms with Crippen LogP contribution in [0.15, 0.2) is 46.7 Å². The summed E-state index contributed by atoms with van der Waals surface area (Å²) in [5.41, 5.74) is 10.4. The Morgan fingerprint density at radius 1 is 1.27 bits per heavy atom. The third-order valence-electron chi connectivity index (χ3n) is 5.03. The number of aliphatic hydroxyl groups is 2. The summed E-state index contributed by atoms with van der Waals surface area (Å²) in [5.74, 6) is 0.700. The summed E-state index contributed by atoms with van der Waals surface area (Å²) in [5, 5.41) is 27.1. The van der Waals surface area contributed by atoms with E-state index >= 15 is 0 Å². The average molecular weight is 421 g/mol. The third-order valence-corrected chi connectivity index (χ3v) is 6.00. The highest BCUT2D eigenvalue weighted by atomic mass is 32.1. The van der Waals surface area contributed by atoms with Gasteiger partial charge < -0.3 is 20.4 Å². The normalized spacial score (nSPS) is 12.8. The molecule has 0 amide bonds. The molecule has 8 nitrogen and oxygen atoms in total. The zero-order valence-corrected chi connectivity index (χ0v) is 16.9. The maximum absolute atomic E-state index is 9.72. The van der Waals surface area contributed by atoms with E-state index in [4.69, 9.17) is 15.3 Å². The zero-order chi connectivity index (χ0) is 20.8. The van der Waals surface area contributed by atoms with Crippen LogP contribution in [0.2, 0.25) is 0 Å². The first kappa shape index (κ1) is 18.7. The molecule has 0 saturated carbocycles. The summed E-state index contributed by atoms with van der Waals surface area (Å²) in [6, 6.07) is 3.92. The molecule has 5 aromatic heterocycles. The van der Waals surface area contributed by atoms with Crippen LogP contribution in [0.25, 0.3) is 43.6 Å². The minimum atomic E-state index is -0.877. The number of thiophene rings is 1. The molecule has 1 atom stereocenters. The van der Waals surface area contributed by atoms with Crippen LogP contribution in [0.3, 0.4) is 0 Å². The lowest BCUT2D eigenvalue weighted by Gasteiger charge is -2.06. The second-order valence-corrected chi connectivity index (χ2v) is 8.03. The van der Waals surface area contributed by atoms with E-state index < -0.39 is 6.10 Å². The van der Waals surface area contributed by atoms with Gasteiger partial charge in [0.1, 0.15) is 5.76 Å². The molecule has 0 aliphatic rings. The van der Waals surface area contributed by atoms with E-state index in [1.54, 1.807) is 28.4 Å². The molecule has 5 rings (SSSR count). The molecule has 0 aliphatic carbocycles. The van der Waals surface area contributed by atoms with Crippen molar-refractivity contribution in [1.82, 2.24) is 19.7 Å². The number of rotatable bonds is 5. The van der Waals surface area contributed by atoms with E-state index in [1.165, 1.54) is 0 Å². The maximum Gasteiger partial charge on any atom is 0.161 e. The van der Waals surface area contributed by atoms with Gasteiger partial charge in [-0.15, -0.1) is 11.3 Å². The molecule has 0 fully saturated rings. The highest BCUT2D eigenvalue weighted by Gasteiger charge is 2.20. The first-order valence-electron chi connectivity index (χ1n) is 9.38. The smallest absolute Gasteiger partial charge is 0.161 e. The number of aromatic nitrogens is 4. The van der Waals surface area contributed by atoms with Gasteiger partial charge in [0.2, 0.25) is 0 Å². The van der Waals surface area contributed by atoms with Crippen LogP contribution < -0.4 is 5.73 Å². The quantitative estimate of drug-likeness (QED) is 0.398. The number of hydrogen-bond acceptors (Lipinski definition) is 8. The van der Waals surface area contributed by atoms with Gasteiger partial charge in [0.05, 0.1) is 42.5 Å². The van der Waals surface area contributed by atoms with Crippen molar-refractivity contribution in [3.63, 3.8) is 0 Å². The van der Waals surface area contributed by atoms with Crippen molar-refractivity contribution in [2.24, 2.45) is 0 Å². The van der Waals surface area contributed by atoms with E-state index in [9.17, 15) is 5.11 Å². The van der Waals surface area contributed by atoms with Crippen molar-refractivity contribution >= 4 is 38.1 Å². The number of nitrogens with two attached hydrogens (primary N) is 1. The molecule has 0 spiro atoms. The van der Waals surface area contributed by atoms with Gasteiger partial charge in [-0.05, 0) is 19.1 Å². The molecular weight excluding hydrogens is 402 g/mol. The van der Waals surface area contributed by atoms with Crippen LogP contribution in [0, 0.1) is 6.92 Å². The van der Waals surface area contributed by atoms with Gasteiger partial charge in [-0.3, -0.25) is 14.6 Å². The van der Waals surface area contributed by atoms with Gasteiger partial charge in [-0.25, -0.2) is 0 Å². The molecule has 0 radical (unpaired) electrons. The Bertz CT molecular complexity index is 1370. The number of nitrogens with zero attached hydrogens (tertiary/aromatic N) is 4. The Morgan fingerprint density at radius 2 is 2.13 bits per heavy atom. The molecule has 5 heterocycles. The van der Waals surface area contributed by atoms with Gasteiger partial charge in [0.15, 0.2) is 5.58 Å². The summed E-state index contributed by atoms with van der Waals surface area (Å²) in [6.07, 6.45) is 6.12. The Hall–Kier alpha value is -3.27. The number of fused-ring (bicyclic) bond motifs is 2. The van der Waals surface area contributed by atoms with Gasteiger partial charge in [-0.2, -0.15) is 5.10 Å². The Kier molecular flexibility index (Phi) is 4.50. The van der Waals surface area contributed by atoms with Crippen molar-refractivity contribution in [2.45, 2.75) is 19.6 Å². The molecular formula is C21H19N5O3S. The molecule has 0 aliphatic heterocycles. The lowest BCUT2D eigenvalue weighted by molar-refractivity contribution is 0.0782. The number of furan rings is 1. The SMILES string of the molecule is Cc1nn(C[C@H](O)CO)cc1-c1ncc(N)c2oc(-c3csc4ccncc34)cc12. The van der Waals surface area contributed by atoms with E-state index in [0.29, 0.717) is 22.7 Å². The molecule has 5 aromatic rings. The topological polar surface area (TPSA) is 123 Å². The monoisotopic (exact) mass is 421 g/mol. The largest absolute Gasteiger partial charge is 0.454 e. The number of nitrogen functional groups attached to an aromatic ring is 1. The van der Waals surface area contributed by atoms with Crippen molar-refractivity contribution in [3.8, 4) is 22.6 Å². The molecule has 0 unspecified atom stereocenters. The number of hydrogen-bond donors (Lipinski definition) is 3. The number of pyridine rings is 2. The summed E-state index contributed by atoms with van der Waals surface area (Å²) in [7, 11) is 0. The van der Waals surface area contributed by atoms with E-state index in [1.807, 2.05) is 36.8 Å². The van der Waals surface area contributed by atoms with E-state index in [-0.39, 0.29) is 13.2 Å². The summed E-state index contributed by atoms with van der Waals surface area (Å²) in [6.45, 7) is 1.74. The van der Waals surface area contributed by atoms with Crippen LogP contribution in [0.5, 0.6) is 0 Å².